The molecule has 2 aromatic carbocycles. The number of rotatable bonds is 7. The van der Waals surface area contributed by atoms with Gasteiger partial charge in [0.25, 0.3) is 5.91 Å². The number of anilines is 2. The van der Waals surface area contributed by atoms with E-state index in [4.69, 9.17) is 18.9 Å². The third-order valence-corrected chi connectivity index (χ3v) is 4.82. The zero-order chi connectivity index (χ0) is 22.7. The number of ketones is 1. The zero-order valence-electron chi connectivity index (χ0n) is 18.0. The minimum Gasteiger partial charge on any atom is -0.493 e. The molecule has 1 aliphatic rings. The monoisotopic (exact) mass is 428 g/mol. The zero-order valence-corrected chi connectivity index (χ0v) is 18.0. The van der Waals surface area contributed by atoms with E-state index < -0.39 is 12.0 Å². The molecule has 0 spiro atoms. The molecule has 9 heteroatoms. The van der Waals surface area contributed by atoms with Crippen LogP contribution in [0.1, 0.15) is 24.2 Å². The Hall–Kier alpha value is -3.75. The van der Waals surface area contributed by atoms with Gasteiger partial charge in [-0.2, -0.15) is 0 Å². The molecular weight excluding hydrogens is 404 g/mol. The first-order valence-electron chi connectivity index (χ1n) is 9.52. The standard InChI is InChI=1S/C22H24N2O7/c1-12(25)14-6-7-17-16(8-14)24(22(27)13(2)31-17)11-20(26)23-15-9-18(28-3)21(30-5)19(10-15)29-4/h6-10,13H,11H2,1-5H3,(H,23,26). The molecule has 2 amide bonds. The van der Waals surface area contributed by atoms with E-state index >= 15 is 0 Å². The Morgan fingerprint density at radius 3 is 2.26 bits per heavy atom. The SMILES string of the molecule is COc1cc(NC(=O)CN2C(=O)C(C)Oc3ccc(C(C)=O)cc32)cc(OC)c1OC. The molecule has 31 heavy (non-hydrogen) atoms. The molecule has 0 aromatic heterocycles. The largest absolute Gasteiger partial charge is 0.493 e. The molecule has 1 aliphatic heterocycles. The van der Waals surface area contributed by atoms with Crippen LogP contribution < -0.4 is 29.2 Å². The number of fused-ring (bicyclic) bond motifs is 1. The number of hydrogen-bond acceptors (Lipinski definition) is 7. The number of ether oxygens (including phenoxy) is 4. The molecule has 3 rings (SSSR count). The normalized spacial score (nSPS) is 14.9. The first kappa shape index (κ1) is 21.9. The Balaban J connectivity index is 1.87. The highest BCUT2D eigenvalue weighted by molar-refractivity contribution is 6.07. The molecule has 164 valence electrons. The summed E-state index contributed by atoms with van der Waals surface area (Å²) >= 11 is 0. The Morgan fingerprint density at radius 1 is 1.06 bits per heavy atom. The van der Waals surface area contributed by atoms with Crippen molar-refractivity contribution in [3.63, 3.8) is 0 Å². The van der Waals surface area contributed by atoms with Crippen LogP contribution in [0.15, 0.2) is 30.3 Å². The second-order valence-electron chi connectivity index (χ2n) is 6.89. The lowest BCUT2D eigenvalue weighted by molar-refractivity contribution is -0.127. The fourth-order valence-electron chi connectivity index (χ4n) is 3.29. The lowest BCUT2D eigenvalue weighted by Crippen LogP contribution is -2.47. The van der Waals surface area contributed by atoms with Crippen molar-refractivity contribution in [3.05, 3.63) is 35.9 Å². The van der Waals surface area contributed by atoms with Gasteiger partial charge in [0, 0.05) is 23.4 Å². The summed E-state index contributed by atoms with van der Waals surface area (Å²) in [5, 5.41) is 2.74. The number of nitrogens with one attached hydrogen (secondary N) is 1. The quantitative estimate of drug-likeness (QED) is 0.676. The molecule has 0 aliphatic carbocycles. The number of methoxy groups -OCH3 is 3. The number of carbonyl (C=O) groups excluding carboxylic acids is 3. The second-order valence-corrected chi connectivity index (χ2v) is 6.89. The fraction of sp³-hybridized carbons (Fsp3) is 0.318. The first-order chi connectivity index (χ1) is 14.8. The van der Waals surface area contributed by atoms with E-state index in [2.05, 4.69) is 5.32 Å². The number of nitrogens with zero attached hydrogens (tertiary/aromatic N) is 1. The number of amides is 2. The van der Waals surface area contributed by atoms with E-state index in [0.717, 1.165) is 0 Å². The predicted molar refractivity (Wildman–Crippen MR) is 114 cm³/mol. The van der Waals surface area contributed by atoms with Gasteiger partial charge in [-0.25, -0.2) is 0 Å². The summed E-state index contributed by atoms with van der Waals surface area (Å²) < 4.78 is 21.5. The number of Topliss-reactive ketones (excluding diaryl/α,β-unsaturated/α-hetero) is 1. The van der Waals surface area contributed by atoms with E-state index in [1.54, 1.807) is 37.3 Å². The molecule has 0 bridgehead atoms. The Bertz CT molecular complexity index is 1010. The predicted octanol–water partition coefficient (Wildman–Crippen LogP) is 2.67. The second kappa shape index (κ2) is 8.95. The van der Waals surface area contributed by atoms with Crippen LogP contribution >= 0.6 is 0 Å². The molecule has 0 fully saturated rings. The van der Waals surface area contributed by atoms with Crippen molar-refractivity contribution >= 4 is 29.0 Å². The van der Waals surface area contributed by atoms with Gasteiger partial charge in [-0.05, 0) is 32.0 Å². The molecule has 0 saturated heterocycles. The maximum Gasteiger partial charge on any atom is 0.268 e. The van der Waals surface area contributed by atoms with Gasteiger partial charge in [-0.1, -0.05) is 0 Å². The summed E-state index contributed by atoms with van der Waals surface area (Å²) in [4.78, 5) is 38.6. The fourth-order valence-corrected chi connectivity index (χ4v) is 3.29. The van der Waals surface area contributed by atoms with Crippen molar-refractivity contribution < 1.29 is 33.3 Å². The van der Waals surface area contributed by atoms with Crippen LogP contribution in [0.3, 0.4) is 0 Å². The Kier molecular flexibility index (Phi) is 6.33. The summed E-state index contributed by atoms with van der Waals surface area (Å²) in [6, 6.07) is 7.97. The molecule has 1 heterocycles. The summed E-state index contributed by atoms with van der Waals surface area (Å²) in [7, 11) is 4.43. The maximum atomic E-state index is 12.8. The molecule has 1 atom stereocenters. The minimum atomic E-state index is -0.760. The van der Waals surface area contributed by atoms with Gasteiger partial charge < -0.3 is 24.3 Å². The molecule has 1 N–H and O–H groups in total. The van der Waals surface area contributed by atoms with E-state index in [1.165, 1.54) is 33.2 Å². The van der Waals surface area contributed by atoms with Crippen LogP contribution in [0.2, 0.25) is 0 Å². The average Bonchev–Trinajstić information content (AvgIpc) is 2.75. The van der Waals surface area contributed by atoms with E-state index in [9.17, 15) is 14.4 Å². The van der Waals surface area contributed by atoms with E-state index in [1.807, 2.05) is 0 Å². The van der Waals surface area contributed by atoms with Crippen LogP contribution in [0.4, 0.5) is 11.4 Å². The van der Waals surface area contributed by atoms with Gasteiger partial charge in [-0.15, -0.1) is 0 Å². The first-order valence-corrected chi connectivity index (χ1v) is 9.52. The lowest BCUT2D eigenvalue weighted by atomic mass is 10.1. The molecule has 9 nitrogen and oxygen atoms in total. The van der Waals surface area contributed by atoms with Crippen LogP contribution in [0.5, 0.6) is 23.0 Å². The summed E-state index contributed by atoms with van der Waals surface area (Å²) in [5.74, 6) is 0.595. The Labute approximate surface area is 179 Å². The third kappa shape index (κ3) is 4.40. The van der Waals surface area contributed by atoms with Crippen molar-refractivity contribution in [2.24, 2.45) is 0 Å². The van der Waals surface area contributed by atoms with Gasteiger partial charge in [-0.3, -0.25) is 19.3 Å². The van der Waals surface area contributed by atoms with Crippen LogP contribution in [-0.2, 0) is 9.59 Å². The summed E-state index contributed by atoms with van der Waals surface area (Å²) in [6.07, 6.45) is -0.760. The highest BCUT2D eigenvalue weighted by Crippen LogP contribution is 2.40. The number of hydrogen-bond donors (Lipinski definition) is 1. The summed E-state index contributed by atoms with van der Waals surface area (Å²) in [5.41, 5.74) is 1.20. The van der Waals surface area contributed by atoms with Crippen LogP contribution in [0.25, 0.3) is 0 Å². The maximum absolute atomic E-state index is 12.8. The van der Waals surface area contributed by atoms with Gasteiger partial charge in [0.2, 0.25) is 11.7 Å². The summed E-state index contributed by atoms with van der Waals surface area (Å²) in [6.45, 7) is 2.77. The van der Waals surface area contributed by atoms with Crippen molar-refractivity contribution in [2.75, 3.05) is 38.1 Å². The number of carbonyl (C=O) groups is 3. The smallest absolute Gasteiger partial charge is 0.268 e. The average molecular weight is 428 g/mol. The van der Waals surface area contributed by atoms with Gasteiger partial charge in [0.15, 0.2) is 23.4 Å². The Morgan fingerprint density at radius 2 is 1.71 bits per heavy atom. The molecule has 2 aromatic rings. The number of benzene rings is 2. The molecule has 0 saturated carbocycles. The van der Waals surface area contributed by atoms with Crippen molar-refractivity contribution in [1.82, 2.24) is 0 Å². The highest BCUT2D eigenvalue weighted by atomic mass is 16.5. The van der Waals surface area contributed by atoms with Gasteiger partial charge >= 0.3 is 0 Å². The molecule has 1 unspecified atom stereocenters. The highest BCUT2D eigenvalue weighted by Gasteiger charge is 2.33. The van der Waals surface area contributed by atoms with Crippen molar-refractivity contribution in [3.8, 4) is 23.0 Å². The van der Waals surface area contributed by atoms with Crippen LogP contribution in [-0.4, -0.2) is 51.6 Å². The molecule has 0 radical (unpaired) electrons. The van der Waals surface area contributed by atoms with E-state index in [0.29, 0.717) is 39.9 Å². The van der Waals surface area contributed by atoms with Crippen molar-refractivity contribution in [1.29, 1.82) is 0 Å². The lowest BCUT2D eigenvalue weighted by Gasteiger charge is -2.32. The molecular formula is C22H24N2O7. The van der Waals surface area contributed by atoms with Crippen LogP contribution in [0, 0.1) is 0 Å². The van der Waals surface area contributed by atoms with Crippen molar-refractivity contribution in [2.45, 2.75) is 20.0 Å². The minimum absolute atomic E-state index is 0.157. The van der Waals surface area contributed by atoms with Gasteiger partial charge in [0.05, 0.1) is 27.0 Å². The topological polar surface area (TPSA) is 103 Å². The van der Waals surface area contributed by atoms with Gasteiger partial charge in [0.1, 0.15) is 12.3 Å². The van der Waals surface area contributed by atoms with E-state index in [-0.39, 0.29) is 18.2 Å². The third-order valence-electron chi connectivity index (χ3n) is 4.82.